The molecular formula is C13H28N2. The molecule has 0 aromatic carbocycles. The minimum absolute atomic E-state index is 0.699. The number of rotatable bonds is 5. The summed E-state index contributed by atoms with van der Waals surface area (Å²) in [7, 11) is 2.10. The molecule has 0 aromatic rings. The minimum atomic E-state index is 0.699. The third kappa shape index (κ3) is 4.12. The minimum Gasteiger partial charge on any atom is -0.316 e. The summed E-state index contributed by atoms with van der Waals surface area (Å²) >= 11 is 0. The highest BCUT2D eigenvalue weighted by Gasteiger charge is 2.26. The Kier molecular flexibility index (Phi) is 5.62. The van der Waals surface area contributed by atoms with Gasteiger partial charge in [0.1, 0.15) is 0 Å². The van der Waals surface area contributed by atoms with E-state index in [1.807, 2.05) is 0 Å². The van der Waals surface area contributed by atoms with Crippen LogP contribution in [-0.2, 0) is 0 Å². The molecule has 15 heavy (non-hydrogen) atoms. The topological polar surface area (TPSA) is 15.3 Å². The molecular weight excluding hydrogens is 184 g/mol. The first-order chi connectivity index (χ1) is 7.17. The second kappa shape index (κ2) is 6.49. The summed E-state index contributed by atoms with van der Waals surface area (Å²) in [4.78, 5) is 2.63. The highest BCUT2D eigenvalue weighted by atomic mass is 15.2. The van der Waals surface area contributed by atoms with Gasteiger partial charge in [0.2, 0.25) is 0 Å². The average Bonchev–Trinajstić information content (AvgIpc) is 2.25. The molecule has 1 heterocycles. The average molecular weight is 212 g/mol. The van der Waals surface area contributed by atoms with Crippen LogP contribution in [0.15, 0.2) is 0 Å². The van der Waals surface area contributed by atoms with Gasteiger partial charge in [-0.15, -0.1) is 0 Å². The number of piperidine rings is 1. The van der Waals surface area contributed by atoms with Gasteiger partial charge in [-0.2, -0.15) is 0 Å². The number of unbranched alkanes of at least 4 members (excludes halogenated alkanes) is 1. The Balaban J connectivity index is 2.43. The summed E-state index contributed by atoms with van der Waals surface area (Å²) < 4.78 is 0. The standard InChI is InChI=1S/C13H28N2/c1-5-6-7-12-8-13(14-4)10-15(9-12)11(2)3/h11-14H,5-10H2,1-4H3. The number of nitrogens with zero attached hydrogens (tertiary/aromatic N) is 1. The number of likely N-dealkylation sites (tertiary alicyclic amines) is 1. The van der Waals surface area contributed by atoms with Crippen LogP contribution in [0.25, 0.3) is 0 Å². The first-order valence-electron chi connectivity index (χ1n) is 6.58. The Bertz CT molecular complexity index is 168. The fourth-order valence-electron chi connectivity index (χ4n) is 2.57. The molecule has 0 aliphatic carbocycles. The third-order valence-electron chi connectivity index (χ3n) is 3.67. The summed E-state index contributed by atoms with van der Waals surface area (Å²) in [5.74, 6) is 0.915. The fourth-order valence-corrected chi connectivity index (χ4v) is 2.57. The Hall–Kier alpha value is -0.0800. The smallest absolute Gasteiger partial charge is 0.0195 e. The van der Waals surface area contributed by atoms with Crippen LogP contribution in [0.3, 0.4) is 0 Å². The Morgan fingerprint density at radius 3 is 2.60 bits per heavy atom. The number of likely N-dealkylation sites (N-methyl/N-ethyl adjacent to an activating group) is 1. The molecule has 2 unspecified atom stereocenters. The number of hydrogen-bond donors (Lipinski definition) is 1. The zero-order chi connectivity index (χ0) is 11.3. The van der Waals surface area contributed by atoms with Crippen molar-refractivity contribution in [3.8, 4) is 0 Å². The zero-order valence-electron chi connectivity index (χ0n) is 10.9. The van der Waals surface area contributed by atoms with Crippen molar-refractivity contribution in [1.82, 2.24) is 10.2 Å². The molecule has 2 nitrogen and oxygen atoms in total. The highest BCUT2D eigenvalue weighted by Crippen LogP contribution is 2.23. The van der Waals surface area contributed by atoms with E-state index in [1.165, 1.54) is 38.8 Å². The van der Waals surface area contributed by atoms with Crippen molar-refractivity contribution in [2.75, 3.05) is 20.1 Å². The van der Waals surface area contributed by atoms with Crippen molar-refractivity contribution >= 4 is 0 Å². The van der Waals surface area contributed by atoms with Crippen LogP contribution in [0.4, 0.5) is 0 Å². The van der Waals surface area contributed by atoms with Gasteiger partial charge in [-0.1, -0.05) is 19.8 Å². The van der Waals surface area contributed by atoms with E-state index in [4.69, 9.17) is 0 Å². The molecule has 0 amide bonds. The summed E-state index contributed by atoms with van der Waals surface area (Å²) in [5.41, 5.74) is 0. The second-order valence-electron chi connectivity index (χ2n) is 5.28. The summed E-state index contributed by atoms with van der Waals surface area (Å²) in [6.07, 6.45) is 5.52. The quantitative estimate of drug-likeness (QED) is 0.753. The molecule has 1 aliphatic rings. The second-order valence-corrected chi connectivity index (χ2v) is 5.28. The van der Waals surface area contributed by atoms with Gasteiger partial charge in [-0.05, 0) is 39.7 Å². The molecule has 2 heteroatoms. The monoisotopic (exact) mass is 212 g/mol. The molecule has 1 fully saturated rings. The van der Waals surface area contributed by atoms with Gasteiger partial charge < -0.3 is 5.32 Å². The molecule has 0 bridgehead atoms. The van der Waals surface area contributed by atoms with Crippen LogP contribution in [0.2, 0.25) is 0 Å². The maximum atomic E-state index is 3.45. The molecule has 0 saturated carbocycles. The van der Waals surface area contributed by atoms with Gasteiger partial charge in [-0.25, -0.2) is 0 Å². The van der Waals surface area contributed by atoms with Gasteiger partial charge >= 0.3 is 0 Å². The van der Waals surface area contributed by atoms with Gasteiger partial charge in [0.25, 0.3) is 0 Å². The molecule has 0 aromatic heterocycles. The lowest BCUT2D eigenvalue weighted by atomic mass is 9.89. The predicted molar refractivity (Wildman–Crippen MR) is 67.2 cm³/mol. The third-order valence-corrected chi connectivity index (χ3v) is 3.67. The molecule has 1 rings (SSSR count). The van der Waals surface area contributed by atoms with Gasteiger partial charge in [0, 0.05) is 25.2 Å². The van der Waals surface area contributed by atoms with Crippen LogP contribution in [0, 0.1) is 5.92 Å². The molecule has 2 atom stereocenters. The maximum absolute atomic E-state index is 3.45. The molecule has 1 saturated heterocycles. The molecule has 1 aliphatic heterocycles. The van der Waals surface area contributed by atoms with Crippen molar-refractivity contribution in [3.63, 3.8) is 0 Å². The molecule has 0 radical (unpaired) electrons. The Labute approximate surface area is 95.4 Å². The summed E-state index contributed by atoms with van der Waals surface area (Å²) in [5, 5.41) is 3.45. The van der Waals surface area contributed by atoms with Crippen LogP contribution < -0.4 is 5.32 Å². The zero-order valence-corrected chi connectivity index (χ0v) is 10.9. The van der Waals surface area contributed by atoms with E-state index in [9.17, 15) is 0 Å². The SMILES string of the molecule is CCCCC1CC(NC)CN(C(C)C)C1. The van der Waals surface area contributed by atoms with Gasteiger partial charge in [0.15, 0.2) is 0 Å². The number of nitrogens with one attached hydrogen (secondary N) is 1. The number of hydrogen-bond acceptors (Lipinski definition) is 2. The van der Waals surface area contributed by atoms with Crippen molar-refractivity contribution in [1.29, 1.82) is 0 Å². The van der Waals surface area contributed by atoms with Crippen molar-refractivity contribution in [2.45, 2.75) is 58.5 Å². The Morgan fingerprint density at radius 2 is 2.07 bits per heavy atom. The normalized spacial score (nSPS) is 28.6. The van der Waals surface area contributed by atoms with E-state index in [0.29, 0.717) is 12.1 Å². The van der Waals surface area contributed by atoms with E-state index in [1.54, 1.807) is 0 Å². The lowest BCUT2D eigenvalue weighted by Crippen LogP contribution is -2.50. The molecule has 1 N–H and O–H groups in total. The van der Waals surface area contributed by atoms with Gasteiger partial charge in [-0.3, -0.25) is 4.90 Å². The van der Waals surface area contributed by atoms with Crippen molar-refractivity contribution < 1.29 is 0 Å². The fraction of sp³-hybridized carbons (Fsp3) is 1.00. The van der Waals surface area contributed by atoms with Crippen LogP contribution in [0.1, 0.15) is 46.5 Å². The maximum Gasteiger partial charge on any atom is 0.0195 e. The van der Waals surface area contributed by atoms with Crippen LogP contribution >= 0.6 is 0 Å². The first-order valence-corrected chi connectivity index (χ1v) is 6.58. The largest absolute Gasteiger partial charge is 0.316 e. The van der Waals surface area contributed by atoms with E-state index in [2.05, 4.69) is 38.0 Å². The first kappa shape index (κ1) is 13.0. The van der Waals surface area contributed by atoms with E-state index in [-0.39, 0.29) is 0 Å². The van der Waals surface area contributed by atoms with Crippen LogP contribution in [0.5, 0.6) is 0 Å². The predicted octanol–water partition coefficient (Wildman–Crippen LogP) is 2.49. The van der Waals surface area contributed by atoms with Gasteiger partial charge in [0.05, 0.1) is 0 Å². The van der Waals surface area contributed by atoms with Crippen molar-refractivity contribution in [2.24, 2.45) is 5.92 Å². The van der Waals surface area contributed by atoms with Crippen molar-refractivity contribution in [3.05, 3.63) is 0 Å². The molecule has 90 valence electrons. The van der Waals surface area contributed by atoms with Crippen LogP contribution in [-0.4, -0.2) is 37.1 Å². The lowest BCUT2D eigenvalue weighted by Gasteiger charge is -2.40. The summed E-state index contributed by atoms with van der Waals surface area (Å²) in [6, 6.07) is 1.41. The molecule has 0 spiro atoms. The van der Waals surface area contributed by atoms with E-state index >= 15 is 0 Å². The Morgan fingerprint density at radius 1 is 1.33 bits per heavy atom. The summed E-state index contributed by atoms with van der Waals surface area (Å²) in [6.45, 7) is 9.47. The lowest BCUT2D eigenvalue weighted by molar-refractivity contribution is 0.109. The highest BCUT2D eigenvalue weighted by molar-refractivity contribution is 4.84. The van der Waals surface area contributed by atoms with E-state index in [0.717, 1.165) is 5.92 Å². The van der Waals surface area contributed by atoms with E-state index < -0.39 is 0 Å².